The van der Waals surface area contributed by atoms with Crippen molar-refractivity contribution >= 4 is 23.6 Å². The number of nitrogens with zero attached hydrogens (tertiary/aromatic N) is 2. The summed E-state index contributed by atoms with van der Waals surface area (Å²) < 4.78 is 11.5. The van der Waals surface area contributed by atoms with Crippen molar-refractivity contribution in [2.24, 2.45) is 0 Å². The minimum Gasteiger partial charge on any atom is -0.491 e. The number of fused-ring (bicyclic) bond motifs is 1. The highest BCUT2D eigenvalue weighted by atomic mass is 16.5. The van der Waals surface area contributed by atoms with Crippen molar-refractivity contribution in [1.29, 1.82) is 0 Å². The molecule has 1 saturated heterocycles. The first-order valence-corrected chi connectivity index (χ1v) is 12.3. The lowest BCUT2D eigenvalue weighted by atomic mass is 10.1. The molecule has 1 aromatic carbocycles. The molecular formula is C25H36N4O7. The maximum absolute atomic E-state index is 13.5. The van der Waals surface area contributed by atoms with Crippen molar-refractivity contribution in [3.8, 4) is 5.75 Å². The average Bonchev–Trinajstić information content (AvgIpc) is 2.83. The van der Waals surface area contributed by atoms with E-state index in [9.17, 15) is 24.3 Å². The molecule has 1 fully saturated rings. The Morgan fingerprint density at radius 3 is 2.44 bits per heavy atom. The van der Waals surface area contributed by atoms with Gasteiger partial charge in [0.15, 0.2) is 0 Å². The van der Waals surface area contributed by atoms with Crippen LogP contribution in [0.5, 0.6) is 5.75 Å². The van der Waals surface area contributed by atoms with Crippen LogP contribution in [0.4, 0.5) is 0 Å². The normalized spacial score (nSPS) is 27.5. The number of carbonyl (C=O) groups is 4. The Balaban J connectivity index is 1.89. The Hall–Kier alpha value is -3.18. The highest BCUT2D eigenvalue weighted by Crippen LogP contribution is 2.20. The molecule has 5 atom stereocenters. The van der Waals surface area contributed by atoms with Gasteiger partial charge in [-0.1, -0.05) is 12.1 Å². The van der Waals surface area contributed by atoms with Crippen LogP contribution in [0.25, 0.3) is 0 Å². The third-order valence-electron chi connectivity index (χ3n) is 6.25. The molecule has 0 unspecified atom stereocenters. The van der Waals surface area contributed by atoms with E-state index in [4.69, 9.17) is 9.47 Å². The fraction of sp³-hybridized carbons (Fsp3) is 0.600. The number of nitrogens with one attached hydrogen (secondary N) is 2. The molecule has 0 bridgehead atoms. The Morgan fingerprint density at radius 2 is 1.78 bits per heavy atom. The van der Waals surface area contributed by atoms with E-state index in [1.54, 1.807) is 36.2 Å². The van der Waals surface area contributed by atoms with Crippen molar-refractivity contribution in [3.63, 3.8) is 0 Å². The van der Waals surface area contributed by atoms with Crippen molar-refractivity contribution < 1.29 is 33.8 Å². The van der Waals surface area contributed by atoms with Crippen LogP contribution in [0.3, 0.4) is 0 Å². The maximum Gasteiger partial charge on any atom is 0.255 e. The number of benzene rings is 1. The molecule has 1 aromatic rings. The summed E-state index contributed by atoms with van der Waals surface area (Å²) in [4.78, 5) is 55.3. The van der Waals surface area contributed by atoms with Crippen LogP contribution in [0.2, 0.25) is 0 Å². The number of aliphatic hydroxyl groups excluding tert-OH is 1. The average molecular weight is 505 g/mol. The molecule has 3 rings (SSSR count). The molecule has 36 heavy (non-hydrogen) atoms. The van der Waals surface area contributed by atoms with Crippen LogP contribution in [0, 0.1) is 0 Å². The summed E-state index contributed by atoms with van der Waals surface area (Å²) in [6.07, 6.45) is -1.58. The van der Waals surface area contributed by atoms with Gasteiger partial charge in [-0.3, -0.25) is 19.2 Å². The first-order valence-electron chi connectivity index (χ1n) is 12.3. The van der Waals surface area contributed by atoms with Gasteiger partial charge in [-0.25, -0.2) is 0 Å². The Kier molecular flexibility index (Phi) is 9.27. The number of aliphatic hydroxyl groups is 1. The van der Waals surface area contributed by atoms with E-state index in [1.807, 2.05) is 13.8 Å². The van der Waals surface area contributed by atoms with E-state index in [-0.39, 0.29) is 49.7 Å². The van der Waals surface area contributed by atoms with Crippen molar-refractivity contribution in [2.75, 3.05) is 33.3 Å². The molecule has 198 valence electrons. The minimum atomic E-state index is -1.15. The van der Waals surface area contributed by atoms with Crippen LogP contribution >= 0.6 is 0 Å². The van der Waals surface area contributed by atoms with E-state index >= 15 is 0 Å². The molecule has 0 spiro atoms. The number of carbonyl (C=O) groups excluding carboxylic acids is 4. The monoisotopic (exact) mass is 504 g/mol. The fourth-order valence-corrected chi connectivity index (χ4v) is 4.40. The van der Waals surface area contributed by atoms with E-state index < -0.39 is 35.9 Å². The molecule has 0 aliphatic carbocycles. The number of likely N-dealkylation sites (N-methyl/N-ethyl adjacent to an activating group) is 1. The number of rotatable bonds is 2. The lowest BCUT2D eigenvalue weighted by Crippen LogP contribution is -2.55. The summed E-state index contributed by atoms with van der Waals surface area (Å²) in [5, 5.41) is 15.5. The molecule has 11 heteroatoms. The molecule has 0 aromatic heterocycles. The Bertz CT molecular complexity index is 959. The molecule has 2 heterocycles. The zero-order chi connectivity index (χ0) is 26.4. The summed E-state index contributed by atoms with van der Waals surface area (Å²) in [6.45, 7) is 6.15. The summed E-state index contributed by atoms with van der Waals surface area (Å²) in [7, 11) is 1.54. The second kappa shape index (κ2) is 12.2. The van der Waals surface area contributed by atoms with Gasteiger partial charge in [-0.15, -0.1) is 0 Å². The quantitative estimate of drug-likeness (QED) is 0.512. The summed E-state index contributed by atoms with van der Waals surface area (Å²) in [5.74, 6) is -1.48. The van der Waals surface area contributed by atoms with Gasteiger partial charge < -0.3 is 35.0 Å². The SMILES string of the molecule is C[C@@H]1CN(C(=O)[C@@H]2CCC(=O)N[C@@H]([C@@H](C)O)C(=O)N(C)CCOc3ccccc3C(=O)N2)C[C@H](C)O1. The molecule has 3 N–H and O–H groups in total. The first-order chi connectivity index (χ1) is 17.1. The van der Waals surface area contributed by atoms with Crippen molar-refractivity contribution in [3.05, 3.63) is 29.8 Å². The van der Waals surface area contributed by atoms with Crippen LogP contribution in [-0.4, -0.2) is 102 Å². The standard InChI is InChI=1S/C25H36N4O7/c1-15-13-29(14-16(2)36-15)24(33)19-9-10-21(31)27-22(17(3)30)25(34)28(4)11-12-35-20-8-6-5-7-18(20)23(32)26-19/h5-8,15-17,19,22,30H,9-14H2,1-4H3,(H,26,32)(H,27,31)/t15-,16+,17-,19+,22+/m1/s1. The van der Waals surface area contributed by atoms with E-state index in [0.29, 0.717) is 18.8 Å². The number of hydrogen-bond donors (Lipinski definition) is 3. The summed E-state index contributed by atoms with van der Waals surface area (Å²) in [5.41, 5.74) is 0.245. The number of amides is 4. The fourth-order valence-electron chi connectivity index (χ4n) is 4.40. The van der Waals surface area contributed by atoms with Gasteiger partial charge in [0, 0.05) is 26.6 Å². The van der Waals surface area contributed by atoms with E-state index in [1.165, 1.54) is 11.8 Å². The van der Waals surface area contributed by atoms with E-state index in [2.05, 4.69) is 10.6 Å². The van der Waals surface area contributed by atoms with Gasteiger partial charge in [0.25, 0.3) is 5.91 Å². The topological polar surface area (TPSA) is 138 Å². The second-order valence-electron chi connectivity index (χ2n) is 9.46. The Morgan fingerprint density at radius 1 is 1.11 bits per heavy atom. The molecular weight excluding hydrogens is 468 g/mol. The second-order valence-corrected chi connectivity index (χ2v) is 9.46. The summed E-state index contributed by atoms with van der Waals surface area (Å²) >= 11 is 0. The lowest BCUT2D eigenvalue weighted by molar-refractivity contribution is -0.145. The van der Waals surface area contributed by atoms with Crippen LogP contribution in [-0.2, 0) is 19.1 Å². The third kappa shape index (κ3) is 6.94. The largest absolute Gasteiger partial charge is 0.491 e. The zero-order valence-electron chi connectivity index (χ0n) is 21.2. The van der Waals surface area contributed by atoms with Gasteiger partial charge in [0.2, 0.25) is 17.7 Å². The molecule has 4 amide bonds. The van der Waals surface area contributed by atoms with Gasteiger partial charge in [-0.2, -0.15) is 0 Å². The summed E-state index contributed by atoms with van der Waals surface area (Å²) in [6, 6.07) is 4.51. The van der Waals surface area contributed by atoms with Gasteiger partial charge >= 0.3 is 0 Å². The smallest absolute Gasteiger partial charge is 0.255 e. The number of para-hydroxylation sites is 1. The Labute approximate surface area is 211 Å². The van der Waals surface area contributed by atoms with Gasteiger partial charge in [-0.05, 0) is 39.3 Å². The minimum absolute atomic E-state index is 0.0100. The molecule has 2 aliphatic rings. The highest BCUT2D eigenvalue weighted by molar-refractivity contribution is 6.00. The third-order valence-corrected chi connectivity index (χ3v) is 6.25. The first kappa shape index (κ1) is 27.4. The molecule has 0 saturated carbocycles. The number of ether oxygens (including phenoxy) is 2. The van der Waals surface area contributed by atoms with Crippen LogP contribution in [0.15, 0.2) is 24.3 Å². The van der Waals surface area contributed by atoms with Gasteiger partial charge in [0.1, 0.15) is 24.4 Å². The van der Waals surface area contributed by atoms with E-state index in [0.717, 1.165) is 0 Å². The maximum atomic E-state index is 13.5. The zero-order valence-corrected chi connectivity index (χ0v) is 21.2. The van der Waals surface area contributed by atoms with Gasteiger partial charge in [0.05, 0.1) is 30.4 Å². The van der Waals surface area contributed by atoms with Crippen molar-refractivity contribution in [1.82, 2.24) is 20.4 Å². The predicted molar refractivity (Wildman–Crippen MR) is 130 cm³/mol. The highest BCUT2D eigenvalue weighted by Gasteiger charge is 2.34. The molecule has 11 nitrogen and oxygen atoms in total. The molecule has 2 aliphatic heterocycles. The van der Waals surface area contributed by atoms with Crippen molar-refractivity contribution in [2.45, 2.75) is 64.0 Å². The number of hydrogen-bond acceptors (Lipinski definition) is 7. The lowest BCUT2D eigenvalue weighted by Gasteiger charge is -2.37. The predicted octanol–water partition coefficient (Wildman–Crippen LogP) is -0.0826. The number of morpholine rings is 1. The van der Waals surface area contributed by atoms with Crippen LogP contribution < -0.4 is 15.4 Å². The van der Waals surface area contributed by atoms with Crippen LogP contribution in [0.1, 0.15) is 44.0 Å². The molecule has 0 radical (unpaired) electrons.